The molecule has 1 fully saturated rings. The van der Waals surface area contributed by atoms with Gasteiger partial charge in [0.2, 0.25) is 0 Å². The van der Waals surface area contributed by atoms with Gasteiger partial charge in [0.05, 0.1) is 4.92 Å². The Morgan fingerprint density at radius 3 is 2.67 bits per heavy atom. The van der Waals surface area contributed by atoms with Crippen molar-refractivity contribution in [3.63, 3.8) is 0 Å². The largest absolute Gasteiger partial charge is 0.385 e. The molecule has 0 spiro atoms. The minimum atomic E-state index is -0.527. The van der Waals surface area contributed by atoms with Crippen molar-refractivity contribution in [1.29, 1.82) is 0 Å². The lowest BCUT2D eigenvalue weighted by molar-refractivity contribution is -0.385. The van der Waals surface area contributed by atoms with Crippen LogP contribution in [0.25, 0.3) is 0 Å². The number of benzene rings is 1. The van der Waals surface area contributed by atoms with E-state index in [2.05, 4.69) is 10.7 Å². The van der Waals surface area contributed by atoms with E-state index in [1.165, 1.54) is 12.1 Å². The Kier molecular flexibility index (Phi) is 5.10. The first-order chi connectivity index (χ1) is 10.1. The molecule has 2 rings (SSSR count). The fourth-order valence-electron chi connectivity index (χ4n) is 2.40. The summed E-state index contributed by atoms with van der Waals surface area (Å²) in [5.74, 6) is -0.427. The summed E-state index contributed by atoms with van der Waals surface area (Å²) in [6.07, 6.45) is 3.21. The van der Waals surface area contributed by atoms with Gasteiger partial charge in [0.1, 0.15) is 5.56 Å². The van der Waals surface area contributed by atoms with Crippen molar-refractivity contribution in [2.45, 2.75) is 26.2 Å². The van der Waals surface area contributed by atoms with Crippen LogP contribution in [-0.2, 0) is 0 Å². The second-order valence-electron chi connectivity index (χ2n) is 5.01. The van der Waals surface area contributed by atoms with Crippen LogP contribution >= 0.6 is 0 Å². The van der Waals surface area contributed by atoms with Gasteiger partial charge in [-0.25, -0.2) is 5.01 Å². The number of nitro benzene ring substituents is 1. The summed E-state index contributed by atoms with van der Waals surface area (Å²) in [4.78, 5) is 22.9. The zero-order valence-corrected chi connectivity index (χ0v) is 12.1. The molecule has 1 heterocycles. The lowest BCUT2D eigenvalue weighted by atomic mass is 10.1. The van der Waals surface area contributed by atoms with Gasteiger partial charge in [0.25, 0.3) is 11.6 Å². The molecule has 0 atom stereocenters. The SMILES string of the molecule is CCNc1ccc([N+](=O)[O-])c(C(=O)NN2CCCCC2)c1. The smallest absolute Gasteiger partial charge is 0.282 e. The standard InChI is InChI=1S/C14H20N4O3/c1-2-15-11-6-7-13(18(20)21)12(10-11)14(19)16-17-8-4-3-5-9-17/h6-7,10,15H,2-5,8-9H2,1H3,(H,16,19). The Bertz CT molecular complexity index is 527. The molecule has 0 bridgehead atoms. The van der Waals surface area contributed by atoms with Crippen molar-refractivity contribution in [3.8, 4) is 0 Å². The second kappa shape index (κ2) is 7.03. The molecule has 1 aromatic carbocycles. The quantitative estimate of drug-likeness (QED) is 0.641. The van der Waals surface area contributed by atoms with Crippen LogP contribution in [-0.4, -0.2) is 35.5 Å². The molecule has 0 aromatic heterocycles. The number of nitrogens with zero attached hydrogens (tertiary/aromatic N) is 2. The Labute approximate surface area is 123 Å². The van der Waals surface area contributed by atoms with Crippen LogP contribution in [0.5, 0.6) is 0 Å². The van der Waals surface area contributed by atoms with Crippen LogP contribution in [0.15, 0.2) is 18.2 Å². The first kappa shape index (κ1) is 15.2. The van der Waals surface area contributed by atoms with E-state index in [-0.39, 0.29) is 11.3 Å². The molecule has 1 amide bonds. The lowest BCUT2D eigenvalue weighted by Crippen LogP contribution is -2.45. The summed E-state index contributed by atoms with van der Waals surface area (Å²) >= 11 is 0. The van der Waals surface area contributed by atoms with E-state index in [9.17, 15) is 14.9 Å². The van der Waals surface area contributed by atoms with Gasteiger partial charge in [-0.15, -0.1) is 0 Å². The van der Waals surface area contributed by atoms with Crippen LogP contribution in [0.3, 0.4) is 0 Å². The maximum atomic E-state index is 12.3. The highest BCUT2D eigenvalue weighted by Crippen LogP contribution is 2.23. The maximum Gasteiger partial charge on any atom is 0.282 e. The van der Waals surface area contributed by atoms with Crippen molar-refractivity contribution in [1.82, 2.24) is 10.4 Å². The van der Waals surface area contributed by atoms with Gasteiger partial charge in [-0.05, 0) is 31.9 Å². The van der Waals surface area contributed by atoms with Gasteiger partial charge in [0, 0.05) is 31.4 Å². The molecule has 1 aliphatic heterocycles. The van der Waals surface area contributed by atoms with E-state index in [1.54, 1.807) is 6.07 Å². The van der Waals surface area contributed by atoms with E-state index in [1.807, 2.05) is 11.9 Å². The fraction of sp³-hybridized carbons (Fsp3) is 0.500. The van der Waals surface area contributed by atoms with Gasteiger partial charge < -0.3 is 5.32 Å². The average molecular weight is 292 g/mol. The maximum absolute atomic E-state index is 12.3. The molecular weight excluding hydrogens is 272 g/mol. The van der Waals surface area contributed by atoms with Gasteiger partial charge in [-0.1, -0.05) is 6.42 Å². The summed E-state index contributed by atoms with van der Waals surface area (Å²) in [5.41, 5.74) is 3.37. The van der Waals surface area contributed by atoms with Crippen LogP contribution < -0.4 is 10.7 Å². The predicted molar refractivity (Wildman–Crippen MR) is 80.2 cm³/mol. The molecule has 1 aromatic rings. The summed E-state index contributed by atoms with van der Waals surface area (Å²) in [5, 5.41) is 16.0. The van der Waals surface area contributed by atoms with Crippen LogP contribution in [0.1, 0.15) is 36.5 Å². The number of rotatable bonds is 5. The first-order valence-electron chi connectivity index (χ1n) is 7.20. The van der Waals surface area contributed by atoms with E-state index in [4.69, 9.17) is 0 Å². The number of anilines is 1. The van der Waals surface area contributed by atoms with Crippen molar-refractivity contribution in [2.24, 2.45) is 0 Å². The average Bonchev–Trinajstić information content (AvgIpc) is 2.48. The highest BCUT2D eigenvalue weighted by Gasteiger charge is 2.22. The van der Waals surface area contributed by atoms with E-state index in [0.717, 1.165) is 32.4 Å². The van der Waals surface area contributed by atoms with Crippen molar-refractivity contribution in [2.75, 3.05) is 25.0 Å². The van der Waals surface area contributed by atoms with Crippen molar-refractivity contribution >= 4 is 17.3 Å². The molecule has 0 unspecified atom stereocenters. The van der Waals surface area contributed by atoms with Crippen LogP contribution in [0.4, 0.5) is 11.4 Å². The Morgan fingerprint density at radius 1 is 1.33 bits per heavy atom. The number of hydrogen-bond donors (Lipinski definition) is 2. The normalized spacial score (nSPS) is 15.5. The molecule has 2 N–H and O–H groups in total. The summed E-state index contributed by atoms with van der Waals surface area (Å²) in [7, 11) is 0. The molecule has 114 valence electrons. The van der Waals surface area contributed by atoms with Crippen LogP contribution in [0.2, 0.25) is 0 Å². The van der Waals surface area contributed by atoms with Crippen molar-refractivity contribution < 1.29 is 9.72 Å². The number of nitro groups is 1. The molecule has 0 aliphatic carbocycles. The fourth-order valence-corrected chi connectivity index (χ4v) is 2.40. The molecule has 1 aliphatic rings. The highest BCUT2D eigenvalue weighted by atomic mass is 16.6. The summed E-state index contributed by atoms with van der Waals surface area (Å²) in [6.45, 7) is 4.18. The van der Waals surface area contributed by atoms with Gasteiger partial charge >= 0.3 is 0 Å². The van der Waals surface area contributed by atoms with Crippen LogP contribution in [0, 0.1) is 10.1 Å². The first-order valence-corrected chi connectivity index (χ1v) is 7.20. The monoisotopic (exact) mass is 292 g/mol. The third kappa shape index (κ3) is 3.91. The third-order valence-electron chi connectivity index (χ3n) is 3.43. The molecule has 1 saturated heterocycles. The minimum Gasteiger partial charge on any atom is -0.385 e. The molecule has 0 saturated carbocycles. The van der Waals surface area contributed by atoms with Gasteiger partial charge in [-0.3, -0.25) is 20.3 Å². The molecular formula is C14H20N4O3. The number of hydrazine groups is 1. The third-order valence-corrected chi connectivity index (χ3v) is 3.43. The number of nitrogens with one attached hydrogen (secondary N) is 2. The minimum absolute atomic E-state index is 0.0871. The molecule has 7 heteroatoms. The highest BCUT2D eigenvalue weighted by molar-refractivity contribution is 5.98. The topological polar surface area (TPSA) is 87.5 Å². The van der Waals surface area contributed by atoms with E-state index < -0.39 is 10.8 Å². The lowest BCUT2D eigenvalue weighted by Gasteiger charge is -2.26. The van der Waals surface area contributed by atoms with Gasteiger partial charge in [0.15, 0.2) is 0 Å². The molecule has 21 heavy (non-hydrogen) atoms. The summed E-state index contributed by atoms with van der Waals surface area (Å²) in [6, 6.07) is 4.50. The van der Waals surface area contributed by atoms with Crippen molar-refractivity contribution in [3.05, 3.63) is 33.9 Å². The predicted octanol–water partition coefficient (Wildman–Crippen LogP) is 2.16. The number of carbonyl (C=O) groups is 1. The Balaban J connectivity index is 2.19. The second-order valence-corrected chi connectivity index (χ2v) is 5.01. The zero-order chi connectivity index (χ0) is 15.2. The number of amides is 1. The van der Waals surface area contributed by atoms with E-state index >= 15 is 0 Å². The summed E-state index contributed by atoms with van der Waals surface area (Å²) < 4.78 is 0. The molecule has 7 nitrogen and oxygen atoms in total. The number of hydrogen-bond acceptors (Lipinski definition) is 5. The number of carbonyl (C=O) groups excluding carboxylic acids is 1. The number of piperidine rings is 1. The zero-order valence-electron chi connectivity index (χ0n) is 12.1. The van der Waals surface area contributed by atoms with E-state index in [0.29, 0.717) is 12.2 Å². The Hall–Kier alpha value is -2.15. The molecule has 0 radical (unpaired) electrons. The Morgan fingerprint density at radius 2 is 2.05 bits per heavy atom. The van der Waals surface area contributed by atoms with Gasteiger partial charge in [-0.2, -0.15) is 0 Å².